The fourth-order valence-electron chi connectivity index (χ4n) is 4.12. The molecule has 0 radical (unpaired) electrons. The first-order valence-corrected chi connectivity index (χ1v) is 11.5. The molecule has 0 aliphatic carbocycles. The van der Waals surface area contributed by atoms with Gasteiger partial charge in [-0.05, 0) is 84.4 Å². The van der Waals surface area contributed by atoms with Crippen molar-refractivity contribution in [3.63, 3.8) is 0 Å². The number of benzene rings is 3. The van der Waals surface area contributed by atoms with Crippen molar-refractivity contribution in [2.45, 2.75) is 18.6 Å². The summed E-state index contributed by atoms with van der Waals surface area (Å²) in [5, 5.41) is 3.48. The van der Waals surface area contributed by atoms with Crippen LogP contribution >= 0.6 is 12.2 Å². The molecule has 4 rings (SSSR count). The van der Waals surface area contributed by atoms with E-state index in [0.717, 1.165) is 23.3 Å². The molecule has 36 heavy (non-hydrogen) atoms. The summed E-state index contributed by atoms with van der Waals surface area (Å²) in [6, 6.07) is 13.8. The third-order valence-corrected chi connectivity index (χ3v) is 6.26. The smallest absolute Gasteiger partial charge is 0.416 e. The summed E-state index contributed by atoms with van der Waals surface area (Å²) in [6.07, 6.45) is -3.84. The Labute approximate surface area is 211 Å². The summed E-state index contributed by atoms with van der Waals surface area (Å²) in [4.78, 5) is 1.90. The summed E-state index contributed by atoms with van der Waals surface area (Å²) < 4.78 is 69.6. The number of thiocarbonyl (C=S) groups is 1. The third kappa shape index (κ3) is 5.64. The number of nitrogens with one attached hydrogen (secondary N) is 1. The van der Waals surface area contributed by atoms with Crippen LogP contribution in [0.15, 0.2) is 60.7 Å². The summed E-state index contributed by atoms with van der Waals surface area (Å²) in [7, 11) is 3.08. The highest BCUT2D eigenvalue weighted by molar-refractivity contribution is 7.80. The summed E-state index contributed by atoms with van der Waals surface area (Å²) in [6.45, 7) is 0.543. The molecule has 0 spiro atoms. The molecule has 1 atom stereocenters. The number of alkyl halides is 3. The first-order chi connectivity index (χ1) is 17.2. The molecule has 1 aliphatic rings. The van der Waals surface area contributed by atoms with Crippen molar-refractivity contribution in [2.24, 2.45) is 0 Å². The second-order valence-electron chi connectivity index (χ2n) is 8.14. The number of ether oxygens (including phenoxy) is 3. The lowest BCUT2D eigenvalue weighted by atomic mass is 9.92. The summed E-state index contributed by atoms with van der Waals surface area (Å²) >= 11 is 5.67. The quantitative estimate of drug-likeness (QED) is 0.307. The molecule has 0 amide bonds. The van der Waals surface area contributed by atoms with Crippen molar-refractivity contribution < 1.29 is 31.8 Å². The molecule has 1 aliphatic heterocycles. The Kier molecular flexibility index (Phi) is 7.53. The molecule has 190 valence electrons. The van der Waals surface area contributed by atoms with E-state index in [1.165, 1.54) is 31.4 Å². The van der Waals surface area contributed by atoms with E-state index in [9.17, 15) is 17.6 Å². The van der Waals surface area contributed by atoms with Gasteiger partial charge in [-0.1, -0.05) is 6.07 Å². The van der Waals surface area contributed by atoms with E-state index >= 15 is 0 Å². The van der Waals surface area contributed by atoms with E-state index in [4.69, 9.17) is 26.4 Å². The zero-order valence-corrected chi connectivity index (χ0v) is 20.4. The number of nitrogens with zero attached hydrogens (tertiary/aromatic N) is 1. The fraction of sp³-hybridized carbons (Fsp3) is 0.269. The summed E-state index contributed by atoms with van der Waals surface area (Å²) in [5.74, 6) is 0.815. The van der Waals surface area contributed by atoms with Crippen LogP contribution in [0.2, 0.25) is 0 Å². The molecular formula is C26H24F4N2O3S. The molecule has 0 bridgehead atoms. The predicted molar refractivity (Wildman–Crippen MR) is 132 cm³/mol. The van der Waals surface area contributed by atoms with Crippen LogP contribution < -0.4 is 19.5 Å². The second kappa shape index (κ2) is 10.6. The lowest BCUT2D eigenvalue weighted by Gasteiger charge is -2.39. The predicted octanol–water partition coefficient (Wildman–Crippen LogP) is 6.24. The molecule has 0 aromatic heterocycles. The highest BCUT2D eigenvalue weighted by Gasteiger charge is 2.33. The van der Waals surface area contributed by atoms with Gasteiger partial charge in [-0.15, -0.1) is 0 Å². The van der Waals surface area contributed by atoms with E-state index in [-0.39, 0.29) is 18.2 Å². The van der Waals surface area contributed by atoms with Gasteiger partial charge in [0.15, 0.2) is 16.6 Å². The molecule has 5 nitrogen and oxygen atoms in total. The van der Waals surface area contributed by atoms with E-state index < -0.39 is 17.8 Å². The number of anilines is 1. The molecule has 10 heteroatoms. The molecule has 1 unspecified atom stereocenters. The van der Waals surface area contributed by atoms with E-state index in [1.54, 1.807) is 19.2 Å². The largest absolute Gasteiger partial charge is 0.493 e. The first-order valence-electron chi connectivity index (χ1n) is 11.1. The average Bonchev–Trinajstić information content (AvgIpc) is 2.87. The zero-order chi connectivity index (χ0) is 25.9. The van der Waals surface area contributed by atoms with Crippen molar-refractivity contribution in [1.82, 2.24) is 4.90 Å². The monoisotopic (exact) mass is 520 g/mol. The molecule has 0 fully saturated rings. The normalized spacial score (nSPS) is 15.2. The lowest BCUT2D eigenvalue weighted by Crippen LogP contribution is -2.44. The average molecular weight is 521 g/mol. The van der Waals surface area contributed by atoms with Crippen LogP contribution in [0.5, 0.6) is 17.2 Å². The van der Waals surface area contributed by atoms with Gasteiger partial charge in [0.1, 0.15) is 18.2 Å². The van der Waals surface area contributed by atoms with Crippen LogP contribution in [0.25, 0.3) is 0 Å². The lowest BCUT2D eigenvalue weighted by molar-refractivity contribution is -0.137. The van der Waals surface area contributed by atoms with Crippen molar-refractivity contribution >= 4 is 23.0 Å². The maximum Gasteiger partial charge on any atom is 0.416 e. The van der Waals surface area contributed by atoms with E-state index in [2.05, 4.69) is 5.32 Å². The Hall–Kier alpha value is -3.53. The van der Waals surface area contributed by atoms with Crippen LogP contribution in [0.3, 0.4) is 0 Å². The molecule has 0 saturated heterocycles. The van der Waals surface area contributed by atoms with Gasteiger partial charge in [0.05, 0.1) is 25.8 Å². The third-order valence-electron chi connectivity index (χ3n) is 5.93. The highest BCUT2D eigenvalue weighted by Crippen LogP contribution is 2.39. The number of hydrogen-bond acceptors (Lipinski definition) is 4. The number of fused-ring (bicyclic) bond motifs is 1. The van der Waals surface area contributed by atoms with Crippen molar-refractivity contribution in [3.8, 4) is 17.2 Å². The molecule has 3 aromatic carbocycles. The minimum atomic E-state index is -4.48. The number of methoxy groups -OCH3 is 2. The fourth-order valence-corrected chi connectivity index (χ4v) is 4.45. The van der Waals surface area contributed by atoms with Gasteiger partial charge in [-0.25, -0.2) is 4.39 Å². The highest BCUT2D eigenvalue weighted by atomic mass is 32.1. The Bertz CT molecular complexity index is 1230. The van der Waals surface area contributed by atoms with Crippen LogP contribution in [-0.2, 0) is 12.6 Å². The van der Waals surface area contributed by atoms with Crippen molar-refractivity contribution in [2.75, 3.05) is 32.7 Å². The van der Waals surface area contributed by atoms with Crippen LogP contribution in [0.4, 0.5) is 23.2 Å². The topological polar surface area (TPSA) is 43.0 Å². The van der Waals surface area contributed by atoms with Gasteiger partial charge in [-0.2, -0.15) is 13.2 Å². The minimum absolute atomic E-state index is 0.0228. The Morgan fingerprint density at radius 1 is 1.03 bits per heavy atom. The van der Waals surface area contributed by atoms with Gasteiger partial charge in [0.25, 0.3) is 0 Å². The number of hydrogen-bond donors (Lipinski definition) is 1. The van der Waals surface area contributed by atoms with Gasteiger partial charge >= 0.3 is 6.18 Å². The van der Waals surface area contributed by atoms with Gasteiger partial charge in [-0.3, -0.25) is 0 Å². The first kappa shape index (κ1) is 25.6. The summed E-state index contributed by atoms with van der Waals surface area (Å²) in [5.41, 5.74) is 1.66. The van der Waals surface area contributed by atoms with Crippen LogP contribution in [-0.4, -0.2) is 37.4 Å². The van der Waals surface area contributed by atoms with Gasteiger partial charge in [0.2, 0.25) is 0 Å². The van der Waals surface area contributed by atoms with Gasteiger partial charge in [0, 0.05) is 12.2 Å². The molecule has 0 saturated carbocycles. The second-order valence-corrected chi connectivity index (χ2v) is 8.53. The van der Waals surface area contributed by atoms with Crippen molar-refractivity contribution in [3.05, 3.63) is 83.2 Å². The van der Waals surface area contributed by atoms with Crippen LogP contribution in [0.1, 0.15) is 22.7 Å². The van der Waals surface area contributed by atoms with E-state index in [0.29, 0.717) is 35.3 Å². The van der Waals surface area contributed by atoms with Crippen molar-refractivity contribution in [1.29, 1.82) is 0 Å². The minimum Gasteiger partial charge on any atom is -0.493 e. The molecule has 1 N–H and O–H groups in total. The van der Waals surface area contributed by atoms with E-state index in [1.807, 2.05) is 17.0 Å². The number of halogens is 4. The molecular weight excluding hydrogens is 496 g/mol. The maximum absolute atomic E-state index is 13.3. The Morgan fingerprint density at radius 3 is 2.39 bits per heavy atom. The maximum atomic E-state index is 13.3. The zero-order valence-electron chi connectivity index (χ0n) is 19.6. The molecule has 3 aromatic rings. The SMILES string of the molecule is COc1cc2c(cc1OC)C(COc1cccc(C(F)(F)F)c1)N(C(=S)Nc1ccc(F)cc1)CC2. The Balaban J connectivity index is 1.64. The number of rotatable bonds is 6. The molecule has 1 heterocycles. The van der Waals surface area contributed by atoms with Crippen LogP contribution in [0, 0.1) is 5.82 Å². The Morgan fingerprint density at radius 2 is 1.72 bits per heavy atom. The van der Waals surface area contributed by atoms with Gasteiger partial charge < -0.3 is 24.4 Å². The standard InChI is InChI=1S/C26H24F4N2O3S/c1-33-23-12-16-10-11-32(25(36)31-19-8-6-18(27)7-9-19)22(21(16)14-24(23)34-2)15-35-20-5-3-4-17(13-20)26(28,29)30/h3-9,12-14,22H,10-11,15H2,1-2H3,(H,31,36).